The number of carbonyl (C=O) groups excluding carboxylic acids is 1. The number of hydrazone groups is 1. The number of nitrogens with one attached hydrogen (secondary N) is 1. The van der Waals surface area contributed by atoms with Gasteiger partial charge in [-0.15, -0.1) is 11.3 Å². The molecule has 6 heteroatoms. The van der Waals surface area contributed by atoms with E-state index in [2.05, 4.69) is 34.1 Å². The van der Waals surface area contributed by atoms with Crippen LogP contribution in [-0.4, -0.2) is 33.1 Å². The SMILES string of the molecule is CCCN1N=C(c2ccc(Cc3ncc[nH]3)s2)CCC1=O. The Morgan fingerprint density at radius 3 is 3.05 bits per heavy atom. The summed E-state index contributed by atoms with van der Waals surface area (Å²) in [6.45, 7) is 2.76. The molecule has 1 N–H and O–H groups in total. The molecule has 0 radical (unpaired) electrons. The van der Waals surface area contributed by atoms with Crippen molar-refractivity contribution in [3.05, 3.63) is 40.1 Å². The Morgan fingerprint density at radius 1 is 1.38 bits per heavy atom. The lowest BCUT2D eigenvalue weighted by Crippen LogP contribution is -2.32. The summed E-state index contributed by atoms with van der Waals surface area (Å²) < 4.78 is 0. The zero-order chi connectivity index (χ0) is 14.7. The zero-order valence-corrected chi connectivity index (χ0v) is 12.8. The highest BCUT2D eigenvalue weighted by Gasteiger charge is 2.21. The fraction of sp³-hybridized carbons (Fsp3) is 0.400. The number of hydrogen-bond donors (Lipinski definition) is 1. The van der Waals surface area contributed by atoms with Gasteiger partial charge in [0.25, 0.3) is 0 Å². The van der Waals surface area contributed by atoms with Crippen molar-refractivity contribution in [3.63, 3.8) is 0 Å². The molecule has 5 nitrogen and oxygen atoms in total. The second kappa shape index (κ2) is 6.22. The highest BCUT2D eigenvalue weighted by molar-refractivity contribution is 7.14. The molecule has 0 bridgehead atoms. The second-order valence-corrected chi connectivity index (χ2v) is 6.21. The van der Waals surface area contributed by atoms with Crippen LogP contribution in [0.15, 0.2) is 29.6 Å². The van der Waals surface area contributed by atoms with Gasteiger partial charge in [0.05, 0.1) is 10.6 Å². The maximum Gasteiger partial charge on any atom is 0.243 e. The smallest absolute Gasteiger partial charge is 0.243 e. The second-order valence-electron chi connectivity index (χ2n) is 5.04. The largest absolute Gasteiger partial charge is 0.348 e. The van der Waals surface area contributed by atoms with Gasteiger partial charge in [0, 0.05) is 43.1 Å². The molecular weight excluding hydrogens is 284 g/mol. The summed E-state index contributed by atoms with van der Waals surface area (Å²) in [6.07, 6.45) is 6.63. The van der Waals surface area contributed by atoms with Crippen LogP contribution in [0.2, 0.25) is 0 Å². The van der Waals surface area contributed by atoms with E-state index in [-0.39, 0.29) is 5.91 Å². The average Bonchev–Trinajstić information content (AvgIpc) is 3.14. The summed E-state index contributed by atoms with van der Waals surface area (Å²) in [5.41, 5.74) is 1.03. The molecule has 0 spiro atoms. The molecule has 0 saturated heterocycles. The fourth-order valence-electron chi connectivity index (χ4n) is 2.35. The maximum absolute atomic E-state index is 11.8. The molecule has 1 amide bonds. The number of amides is 1. The first-order valence-electron chi connectivity index (χ1n) is 7.21. The Hall–Kier alpha value is -1.95. The topological polar surface area (TPSA) is 61.4 Å². The molecule has 0 aliphatic carbocycles. The summed E-state index contributed by atoms with van der Waals surface area (Å²) in [6, 6.07) is 4.22. The van der Waals surface area contributed by atoms with E-state index in [1.165, 1.54) is 4.88 Å². The molecule has 1 aliphatic heterocycles. The van der Waals surface area contributed by atoms with E-state index in [0.29, 0.717) is 13.0 Å². The Labute approximate surface area is 127 Å². The molecule has 0 unspecified atom stereocenters. The first-order valence-corrected chi connectivity index (χ1v) is 8.03. The standard InChI is InChI=1S/C15H18N4OS/c1-2-9-19-15(20)6-4-12(18-19)13-5-3-11(21-13)10-14-16-7-8-17-14/h3,5,7-8H,2,4,6,9-10H2,1H3,(H,16,17). The van der Waals surface area contributed by atoms with Crippen molar-refractivity contribution in [1.82, 2.24) is 15.0 Å². The van der Waals surface area contributed by atoms with Gasteiger partial charge in [0.15, 0.2) is 0 Å². The van der Waals surface area contributed by atoms with Crippen LogP contribution < -0.4 is 0 Å². The Bertz CT molecular complexity index is 644. The predicted octanol–water partition coefficient (Wildman–Crippen LogP) is 2.80. The maximum atomic E-state index is 11.8. The third kappa shape index (κ3) is 3.21. The quantitative estimate of drug-likeness (QED) is 0.923. The number of hydrogen-bond acceptors (Lipinski definition) is 4. The van der Waals surface area contributed by atoms with Crippen molar-refractivity contribution in [2.24, 2.45) is 5.10 Å². The number of aromatic nitrogens is 2. The molecule has 21 heavy (non-hydrogen) atoms. The van der Waals surface area contributed by atoms with Gasteiger partial charge >= 0.3 is 0 Å². The van der Waals surface area contributed by atoms with Gasteiger partial charge in [-0.2, -0.15) is 5.10 Å². The van der Waals surface area contributed by atoms with Crippen LogP contribution in [0.5, 0.6) is 0 Å². The summed E-state index contributed by atoms with van der Waals surface area (Å²) in [5, 5.41) is 6.14. The van der Waals surface area contributed by atoms with Crippen LogP contribution >= 0.6 is 11.3 Å². The Kier molecular flexibility index (Phi) is 4.15. The molecule has 110 valence electrons. The number of aromatic amines is 1. The Balaban J connectivity index is 1.76. The predicted molar refractivity (Wildman–Crippen MR) is 83.5 cm³/mol. The van der Waals surface area contributed by atoms with Crippen LogP contribution in [0, 0.1) is 0 Å². The van der Waals surface area contributed by atoms with E-state index in [4.69, 9.17) is 0 Å². The number of thiophene rings is 1. The molecule has 3 rings (SSSR count). The lowest BCUT2D eigenvalue weighted by Gasteiger charge is -2.22. The van der Waals surface area contributed by atoms with Gasteiger partial charge in [-0.25, -0.2) is 9.99 Å². The van der Waals surface area contributed by atoms with Gasteiger partial charge < -0.3 is 4.98 Å². The van der Waals surface area contributed by atoms with Gasteiger partial charge in [-0.3, -0.25) is 4.79 Å². The van der Waals surface area contributed by atoms with Crippen LogP contribution in [-0.2, 0) is 11.2 Å². The van der Waals surface area contributed by atoms with E-state index in [1.54, 1.807) is 22.5 Å². The van der Waals surface area contributed by atoms with Gasteiger partial charge in [0.2, 0.25) is 5.91 Å². The minimum absolute atomic E-state index is 0.132. The summed E-state index contributed by atoms with van der Waals surface area (Å²) in [4.78, 5) is 21.6. The third-order valence-electron chi connectivity index (χ3n) is 3.38. The van der Waals surface area contributed by atoms with Crippen molar-refractivity contribution >= 4 is 23.0 Å². The highest BCUT2D eigenvalue weighted by atomic mass is 32.1. The first-order chi connectivity index (χ1) is 10.3. The van der Waals surface area contributed by atoms with Crippen LogP contribution in [0.4, 0.5) is 0 Å². The molecule has 1 aliphatic rings. The minimum atomic E-state index is 0.132. The van der Waals surface area contributed by atoms with Gasteiger partial charge in [0.1, 0.15) is 5.82 Å². The van der Waals surface area contributed by atoms with Crippen molar-refractivity contribution in [2.75, 3.05) is 6.54 Å². The highest BCUT2D eigenvalue weighted by Crippen LogP contribution is 2.23. The lowest BCUT2D eigenvalue weighted by atomic mass is 10.1. The average molecular weight is 302 g/mol. The number of imidazole rings is 1. The molecule has 0 saturated carbocycles. The Morgan fingerprint density at radius 2 is 2.29 bits per heavy atom. The van der Waals surface area contributed by atoms with Crippen molar-refractivity contribution in [2.45, 2.75) is 32.6 Å². The van der Waals surface area contributed by atoms with Crippen molar-refractivity contribution in [3.8, 4) is 0 Å². The third-order valence-corrected chi connectivity index (χ3v) is 4.52. The number of carbonyl (C=O) groups is 1. The normalized spacial score (nSPS) is 15.4. The fourth-order valence-corrected chi connectivity index (χ4v) is 3.38. The van der Waals surface area contributed by atoms with Gasteiger partial charge in [-0.05, 0) is 18.6 Å². The molecule has 0 fully saturated rings. The van der Waals surface area contributed by atoms with Crippen LogP contribution in [0.25, 0.3) is 0 Å². The van der Waals surface area contributed by atoms with E-state index in [9.17, 15) is 4.79 Å². The van der Waals surface area contributed by atoms with E-state index in [0.717, 1.165) is 35.7 Å². The molecule has 3 heterocycles. The first kappa shape index (κ1) is 14.0. The monoisotopic (exact) mass is 302 g/mol. The molecule has 0 atom stereocenters. The lowest BCUT2D eigenvalue weighted by molar-refractivity contribution is -0.131. The number of nitrogens with zero attached hydrogens (tertiary/aromatic N) is 3. The van der Waals surface area contributed by atoms with E-state index < -0.39 is 0 Å². The number of rotatable bonds is 5. The van der Waals surface area contributed by atoms with Crippen molar-refractivity contribution in [1.29, 1.82) is 0 Å². The van der Waals surface area contributed by atoms with Gasteiger partial charge in [-0.1, -0.05) is 6.92 Å². The summed E-state index contributed by atoms with van der Waals surface area (Å²) >= 11 is 1.73. The van der Waals surface area contributed by atoms with E-state index >= 15 is 0 Å². The summed E-state index contributed by atoms with van der Waals surface area (Å²) in [7, 11) is 0. The molecular formula is C15H18N4OS. The molecule has 2 aromatic rings. The van der Waals surface area contributed by atoms with E-state index in [1.807, 2.05) is 6.20 Å². The van der Waals surface area contributed by atoms with Crippen LogP contribution in [0.1, 0.15) is 41.8 Å². The van der Waals surface area contributed by atoms with Crippen LogP contribution in [0.3, 0.4) is 0 Å². The summed E-state index contributed by atoms with van der Waals surface area (Å²) in [5.74, 6) is 1.10. The number of H-pyrrole nitrogens is 1. The minimum Gasteiger partial charge on any atom is -0.348 e. The zero-order valence-electron chi connectivity index (χ0n) is 12.0. The molecule has 0 aromatic carbocycles. The molecule has 2 aromatic heterocycles. The van der Waals surface area contributed by atoms with Crippen molar-refractivity contribution < 1.29 is 4.79 Å².